The Kier molecular flexibility index (Phi) is 5.94. The molecule has 1 unspecified atom stereocenters. The summed E-state index contributed by atoms with van der Waals surface area (Å²) >= 11 is 0. The molecule has 160 valence electrons. The Labute approximate surface area is 179 Å². The third-order valence-electron chi connectivity index (χ3n) is 7.03. The van der Waals surface area contributed by atoms with E-state index in [9.17, 15) is 4.39 Å². The molecule has 0 bridgehead atoms. The van der Waals surface area contributed by atoms with E-state index in [0.717, 1.165) is 48.8 Å². The fourth-order valence-corrected chi connectivity index (χ4v) is 5.36. The van der Waals surface area contributed by atoms with Crippen LogP contribution in [0.15, 0.2) is 42.5 Å². The predicted molar refractivity (Wildman–Crippen MR) is 117 cm³/mol. The molecule has 0 saturated heterocycles. The van der Waals surface area contributed by atoms with Gasteiger partial charge in [-0.15, -0.1) is 0 Å². The summed E-state index contributed by atoms with van der Waals surface area (Å²) in [6.07, 6.45) is 11.9. The van der Waals surface area contributed by atoms with Crippen molar-refractivity contribution in [1.82, 2.24) is 5.32 Å². The van der Waals surface area contributed by atoms with Gasteiger partial charge in [0.25, 0.3) is 0 Å². The van der Waals surface area contributed by atoms with Gasteiger partial charge < -0.3 is 14.8 Å². The van der Waals surface area contributed by atoms with Gasteiger partial charge in [-0.2, -0.15) is 0 Å². The molecule has 30 heavy (non-hydrogen) atoms. The van der Waals surface area contributed by atoms with Crippen molar-refractivity contribution in [2.45, 2.75) is 88.5 Å². The molecule has 4 heteroatoms. The van der Waals surface area contributed by atoms with Crippen LogP contribution in [-0.4, -0.2) is 18.2 Å². The largest absolute Gasteiger partial charge is 0.490 e. The first kappa shape index (κ1) is 19.9. The summed E-state index contributed by atoms with van der Waals surface area (Å²) in [6, 6.07) is 14.4. The normalized spacial score (nSPS) is 26.8. The summed E-state index contributed by atoms with van der Waals surface area (Å²) in [5.41, 5.74) is 1.81. The van der Waals surface area contributed by atoms with Gasteiger partial charge >= 0.3 is 0 Å². The minimum Gasteiger partial charge on any atom is -0.490 e. The Morgan fingerprint density at radius 1 is 0.867 bits per heavy atom. The van der Waals surface area contributed by atoms with Crippen LogP contribution >= 0.6 is 0 Å². The molecule has 2 aromatic rings. The maximum Gasteiger partial charge on any atom is 0.130 e. The molecule has 3 aliphatic rings. The number of halogens is 1. The van der Waals surface area contributed by atoms with Crippen molar-refractivity contribution >= 4 is 0 Å². The van der Waals surface area contributed by atoms with E-state index in [1.807, 2.05) is 24.3 Å². The molecule has 0 spiro atoms. The lowest BCUT2D eigenvalue weighted by Gasteiger charge is -2.32. The van der Waals surface area contributed by atoms with Crippen LogP contribution in [0.4, 0.5) is 4.39 Å². The molecule has 2 aromatic carbocycles. The standard InChI is InChI=1S/C26H32FNO2/c27-24-8-4-3-7-23(24)26-15-9-18-17-22(14-16-25(18)30-26)29-21-12-10-20(11-13-21)28-19-5-1-2-6-19/h3-4,7-8,14,16-17,19-21,26,28H,1-2,5-6,9-13,15H2. The van der Waals surface area contributed by atoms with Crippen molar-refractivity contribution < 1.29 is 13.9 Å². The molecular formula is C26H32FNO2. The topological polar surface area (TPSA) is 30.5 Å². The first-order valence-corrected chi connectivity index (χ1v) is 11.7. The minimum absolute atomic E-state index is 0.191. The summed E-state index contributed by atoms with van der Waals surface area (Å²) < 4.78 is 26.6. The number of hydrogen-bond acceptors (Lipinski definition) is 3. The lowest BCUT2D eigenvalue weighted by atomic mass is 9.92. The maximum absolute atomic E-state index is 14.1. The highest BCUT2D eigenvalue weighted by Crippen LogP contribution is 2.38. The van der Waals surface area contributed by atoms with Gasteiger partial charge in [-0.3, -0.25) is 0 Å². The number of rotatable bonds is 5. The van der Waals surface area contributed by atoms with Crippen LogP contribution in [-0.2, 0) is 6.42 Å². The summed E-state index contributed by atoms with van der Waals surface area (Å²) in [4.78, 5) is 0. The Morgan fingerprint density at radius 2 is 1.63 bits per heavy atom. The molecule has 1 N–H and O–H groups in total. The van der Waals surface area contributed by atoms with Gasteiger partial charge in [-0.25, -0.2) is 4.39 Å². The van der Waals surface area contributed by atoms with E-state index < -0.39 is 0 Å². The van der Waals surface area contributed by atoms with Crippen molar-refractivity contribution in [3.8, 4) is 11.5 Å². The zero-order valence-electron chi connectivity index (χ0n) is 17.6. The zero-order chi connectivity index (χ0) is 20.3. The van der Waals surface area contributed by atoms with E-state index in [2.05, 4.69) is 11.4 Å². The van der Waals surface area contributed by atoms with Gasteiger partial charge in [0.2, 0.25) is 0 Å². The number of aryl methyl sites for hydroxylation is 1. The molecule has 2 fully saturated rings. The molecule has 0 amide bonds. The van der Waals surface area contributed by atoms with E-state index in [-0.39, 0.29) is 11.9 Å². The van der Waals surface area contributed by atoms with Crippen LogP contribution < -0.4 is 14.8 Å². The Morgan fingerprint density at radius 3 is 2.43 bits per heavy atom. The number of benzene rings is 2. The van der Waals surface area contributed by atoms with E-state index in [0.29, 0.717) is 17.7 Å². The monoisotopic (exact) mass is 409 g/mol. The first-order valence-electron chi connectivity index (χ1n) is 11.7. The van der Waals surface area contributed by atoms with Gasteiger partial charge in [0, 0.05) is 17.6 Å². The van der Waals surface area contributed by atoms with Gasteiger partial charge in [0.1, 0.15) is 23.4 Å². The van der Waals surface area contributed by atoms with Crippen LogP contribution in [0.1, 0.15) is 75.0 Å². The van der Waals surface area contributed by atoms with Gasteiger partial charge in [0.05, 0.1) is 6.10 Å². The lowest BCUT2D eigenvalue weighted by Crippen LogP contribution is -2.40. The lowest BCUT2D eigenvalue weighted by molar-refractivity contribution is 0.135. The number of ether oxygens (including phenoxy) is 2. The maximum atomic E-state index is 14.1. The second kappa shape index (κ2) is 8.97. The molecule has 1 aliphatic heterocycles. The molecule has 2 aliphatic carbocycles. The molecule has 0 radical (unpaired) electrons. The zero-order valence-corrected chi connectivity index (χ0v) is 17.6. The van der Waals surface area contributed by atoms with Crippen molar-refractivity contribution in [3.63, 3.8) is 0 Å². The first-order chi connectivity index (χ1) is 14.7. The molecule has 5 rings (SSSR count). The highest BCUT2D eigenvalue weighted by atomic mass is 19.1. The number of hydrogen-bond donors (Lipinski definition) is 1. The van der Waals surface area contributed by atoms with Crippen LogP contribution in [0, 0.1) is 5.82 Å². The van der Waals surface area contributed by atoms with E-state index in [1.165, 1.54) is 44.6 Å². The second-order valence-corrected chi connectivity index (χ2v) is 9.18. The van der Waals surface area contributed by atoms with Crippen LogP contribution in [0.2, 0.25) is 0 Å². The summed E-state index contributed by atoms with van der Waals surface area (Å²) in [5, 5.41) is 3.87. The van der Waals surface area contributed by atoms with Crippen molar-refractivity contribution in [3.05, 3.63) is 59.4 Å². The predicted octanol–water partition coefficient (Wildman–Crippen LogP) is 6.11. The fourth-order valence-electron chi connectivity index (χ4n) is 5.36. The smallest absolute Gasteiger partial charge is 0.130 e. The highest BCUT2D eigenvalue weighted by molar-refractivity contribution is 5.42. The van der Waals surface area contributed by atoms with E-state index in [4.69, 9.17) is 9.47 Å². The van der Waals surface area contributed by atoms with Crippen LogP contribution in [0.5, 0.6) is 11.5 Å². The van der Waals surface area contributed by atoms with Gasteiger partial charge in [-0.1, -0.05) is 31.0 Å². The molecule has 1 atom stereocenters. The minimum atomic E-state index is -0.215. The summed E-state index contributed by atoms with van der Waals surface area (Å²) in [7, 11) is 0. The van der Waals surface area contributed by atoms with E-state index >= 15 is 0 Å². The van der Waals surface area contributed by atoms with E-state index in [1.54, 1.807) is 6.07 Å². The molecule has 2 saturated carbocycles. The van der Waals surface area contributed by atoms with Gasteiger partial charge in [-0.05, 0) is 81.2 Å². The number of fused-ring (bicyclic) bond motifs is 1. The molecule has 3 nitrogen and oxygen atoms in total. The number of nitrogens with one attached hydrogen (secondary N) is 1. The SMILES string of the molecule is Fc1ccccc1C1CCc2cc(OC3CCC(NC4CCCC4)CC3)ccc2O1. The Balaban J connectivity index is 1.16. The van der Waals surface area contributed by atoms with Crippen LogP contribution in [0.25, 0.3) is 0 Å². The average molecular weight is 410 g/mol. The van der Waals surface area contributed by atoms with Crippen LogP contribution in [0.3, 0.4) is 0 Å². The van der Waals surface area contributed by atoms with Crippen molar-refractivity contribution in [2.24, 2.45) is 0 Å². The van der Waals surface area contributed by atoms with Crippen molar-refractivity contribution in [2.75, 3.05) is 0 Å². The molecule has 1 heterocycles. The third-order valence-corrected chi connectivity index (χ3v) is 7.03. The summed E-state index contributed by atoms with van der Waals surface area (Å²) in [5.74, 6) is 1.60. The fraction of sp³-hybridized carbons (Fsp3) is 0.538. The van der Waals surface area contributed by atoms with Gasteiger partial charge in [0.15, 0.2) is 0 Å². The summed E-state index contributed by atoms with van der Waals surface area (Å²) in [6.45, 7) is 0. The quantitative estimate of drug-likeness (QED) is 0.646. The molecular weight excluding hydrogens is 377 g/mol. The highest BCUT2D eigenvalue weighted by Gasteiger charge is 2.27. The molecule has 0 aromatic heterocycles. The Bertz CT molecular complexity index is 856. The van der Waals surface area contributed by atoms with Crippen molar-refractivity contribution in [1.29, 1.82) is 0 Å². The Hall–Kier alpha value is -2.07. The second-order valence-electron chi connectivity index (χ2n) is 9.18. The third kappa shape index (κ3) is 4.49. The average Bonchev–Trinajstić information content (AvgIpc) is 3.28.